The first-order chi connectivity index (χ1) is 7.68. The van der Waals surface area contributed by atoms with E-state index >= 15 is 0 Å². The Balaban J connectivity index is 1.86. The van der Waals surface area contributed by atoms with E-state index in [0.29, 0.717) is 11.9 Å². The van der Waals surface area contributed by atoms with Crippen LogP contribution in [0, 0.1) is 0 Å². The normalized spacial score (nSPS) is 28.2. The number of likely N-dealkylation sites (tertiary alicyclic amines) is 1. The van der Waals surface area contributed by atoms with Gasteiger partial charge in [0.15, 0.2) is 0 Å². The van der Waals surface area contributed by atoms with Crippen LogP contribution in [-0.2, 0) is 4.79 Å². The lowest BCUT2D eigenvalue weighted by Crippen LogP contribution is -2.49. The summed E-state index contributed by atoms with van der Waals surface area (Å²) >= 11 is 0. The second kappa shape index (κ2) is 5.15. The Bertz CT molecular complexity index is 243. The molecular formula is C12H23N3O. The molecule has 2 aliphatic heterocycles. The van der Waals surface area contributed by atoms with Crippen molar-refractivity contribution in [2.45, 2.75) is 37.8 Å². The van der Waals surface area contributed by atoms with Crippen LogP contribution >= 0.6 is 0 Å². The Morgan fingerprint density at radius 2 is 2.00 bits per heavy atom. The predicted molar refractivity (Wildman–Crippen MR) is 64.3 cm³/mol. The summed E-state index contributed by atoms with van der Waals surface area (Å²) in [5, 5.41) is 3.28. The largest absolute Gasteiger partial charge is 0.341 e. The van der Waals surface area contributed by atoms with E-state index in [-0.39, 0.29) is 6.04 Å². The highest BCUT2D eigenvalue weighted by Crippen LogP contribution is 2.17. The molecule has 16 heavy (non-hydrogen) atoms. The van der Waals surface area contributed by atoms with Crippen molar-refractivity contribution in [2.24, 2.45) is 0 Å². The van der Waals surface area contributed by atoms with Crippen molar-refractivity contribution in [1.29, 1.82) is 0 Å². The standard InChI is InChI=1S/C12H23N3O/c1-14-8-5-10(6-9-14)15(2)12(16)11-4-3-7-13-11/h10-11,13H,3-9H2,1-2H3/t11-/m0/s1. The van der Waals surface area contributed by atoms with Gasteiger partial charge in [0.25, 0.3) is 0 Å². The maximum absolute atomic E-state index is 12.2. The van der Waals surface area contributed by atoms with E-state index in [0.717, 1.165) is 45.3 Å². The van der Waals surface area contributed by atoms with Gasteiger partial charge in [-0.3, -0.25) is 4.79 Å². The first-order valence-electron chi connectivity index (χ1n) is 6.37. The van der Waals surface area contributed by atoms with Crippen molar-refractivity contribution in [3.8, 4) is 0 Å². The highest BCUT2D eigenvalue weighted by Gasteiger charge is 2.30. The quantitative estimate of drug-likeness (QED) is 0.734. The molecule has 2 fully saturated rings. The zero-order valence-electron chi connectivity index (χ0n) is 10.4. The lowest BCUT2D eigenvalue weighted by molar-refractivity contribution is -0.134. The van der Waals surface area contributed by atoms with Crippen LogP contribution in [-0.4, -0.2) is 61.5 Å². The third-order valence-electron chi connectivity index (χ3n) is 3.94. The summed E-state index contributed by atoms with van der Waals surface area (Å²) in [6.07, 6.45) is 4.38. The van der Waals surface area contributed by atoms with Gasteiger partial charge in [-0.25, -0.2) is 0 Å². The minimum atomic E-state index is 0.0876. The van der Waals surface area contributed by atoms with Gasteiger partial charge < -0.3 is 15.1 Å². The molecule has 0 aromatic heterocycles. The lowest BCUT2D eigenvalue weighted by atomic mass is 10.0. The molecule has 2 aliphatic rings. The Morgan fingerprint density at radius 1 is 1.31 bits per heavy atom. The molecule has 0 saturated carbocycles. The summed E-state index contributed by atoms with van der Waals surface area (Å²) in [5.41, 5.74) is 0. The first-order valence-corrected chi connectivity index (χ1v) is 6.37. The van der Waals surface area contributed by atoms with Crippen LogP contribution in [0.3, 0.4) is 0 Å². The van der Waals surface area contributed by atoms with Crippen LogP contribution in [0.2, 0.25) is 0 Å². The molecule has 4 heteroatoms. The Kier molecular flexibility index (Phi) is 3.82. The Hall–Kier alpha value is -0.610. The van der Waals surface area contributed by atoms with E-state index in [1.54, 1.807) is 0 Å². The monoisotopic (exact) mass is 225 g/mol. The SMILES string of the molecule is CN1CCC(N(C)C(=O)[C@@H]2CCCN2)CC1. The number of likely N-dealkylation sites (N-methyl/N-ethyl adjacent to an activating group) is 1. The molecule has 0 radical (unpaired) electrons. The fourth-order valence-electron chi connectivity index (χ4n) is 2.70. The Labute approximate surface area is 98.0 Å². The summed E-state index contributed by atoms with van der Waals surface area (Å²) in [6.45, 7) is 3.22. The van der Waals surface area contributed by atoms with Gasteiger partial charge in [0, 0.05) is 13.1 Å². The van der Waals surface area contributed by atoms with Crippen molar-refractivity contribution in [3.05, 3.63) is 0 Å². The molecule has 0 aromatic rings. The lowest BCUT2D eigenvalue weighted by Gasteiger charge is -2.36. The van der Waals surface area contributed by atoms with Crippen LogP contribution in [0.25, 0.3) is 0 Å². The molecule has 0 aromatic carbocycles. The van der Waals surface area contributed by atoms with Crippen LogP contribution in [0.15, 0.2) is 0 Å². The third-order valence-corrected chi connectivity index (χ3v) is 3.94. The summed E-state index contributed by atoms with van der Waals surface area (Å²) in [6, 6.07) is 0.538. The third kappa shape index (κ3) is 2.55. The van der Waals surface area contributed by atoms with E-state index in [4.69, 9.17) is 0 Å². The summed E-state index contributed by atoms with van der Waals surface area (Å²) in [7, 11) is 4.12. The molecule has 0 unspecified atom stereocenters. The zero-order chi connectivity index (χ0) is 11.5. The van der Waals surface area contributed by atoms with Gasteiger partial charge in [-0.05, 0) is 52.4 Å². The molecule has 1 atom stereocenters. The molecule has 0 spiro atoms. The number of nitrogens with one attached hydrogen (secondary N) is 1. The molecule has 1 amide bonds. The van der Waals surface area contributed by atoms with Gasteiger partial charge in [0.2, 0.25) is 5.91 Å². The first kappa shape index (κ1) is 11.9. The molecule has 1 N–H and O–H groups in total. The smallest absolute Gasteiger partial charge is 0.239 e. The van der Waals surface area contributed by atoms with Crippen molar-refractivity contribution in [3.63, 3.8) is 0 Å². The number of amides is 1. The van der Waals surface area contributed by atoms with E-state index in [1.807, 2.05) is 11.9 Å². The molecule has 0 aliphatic carbocycles. The second-order valence-corrected chi connectivity index (χ2v) is 5.13. The van der Waals surface area contributed by atoms with Crippen molar-refractivity contribution in [2.75, 3.05) is 33.7 Å². The van der Waals surface area contributed by atoms with E-state index in [2.05, 4.69) is 17.3 Å². The summed E-state index contributed by atoms with van der Waals surface area (Å²) < 4.78 is 0. The topological polar surface area (TPSA) is 35.6 Å². The molecule has 2 saturated heterocycles. The zero-order valence-corrected chi connectivity index (χ0v) is 10.4. The number of rotatable bonds is 2. The van der Waals surface area contributed by atoms with Crippen LogP contribution in [0.4, 0.5) is 0 Å². The molecule has 2 rings (SSSR count). The maximum atomic E-state index is 12.2. The van der Waals surface area contributed by atoms with Gasteiger partial charge in [-0.1, -0.05) is 0 Å². The van der Waals surface area contributed by atoms with E-state index in [1.165, 1.54) is 0 Å². The molecule has 4 nitrogen and oxygen atoms in total. The van der Waals surface area contributed by atoms with E-state index < -0.39 is 0 Å². The van der Waals surface area contributed by atoms with Gasteiger partial charge >= 0.3 is 0 Å². The summed E-state index contributed by atoms with van der Waals surface area (Å²) in [5.74, 6) is 0.298. The number of carbonyl (C=O) groups is 1. The minimum absolute atomic E-state index is 0.0876. The summed E-state index contributed by atoms with van der Waals surface area (Å²) in [4.78, 5) is 16.5. The molecule has 0 bridgehead atoms. The number of hydrogen-bond acceptors (Lipinski definition) is 3. The van der Waals surface area contributed by atoms with Gasteiger partial charge in [-0.2, -0.15) is 0 Å². The van der Waals surface area contributed by atoms with Crippen molar-refractivity contribution < 1.29 is 4.79 Å². The van der Waals surface area contributed by atoms with Crippen LogP contribution in [0.5, 0.6) is 0 Å². The highest BCUT2D eigenvalue weighted by atomic mass is 16.2. The Morgan fingerprint density at radius 3 is 2.56 bits per heavy atom. The fraction of sp³-hybridized carbons (Fsp3) is 0.917. The average Bonchev–Trinajstić information content (AvgIpc) is 2.81. The maximum Gasteiger partial charge on any atom is 0.239 e. The van der Waals surface area contributed by atoms with Crippen LogP contribution in [0.1, 0.15) is 25.7 Å². The highest BCUT2D eigenvalue weighted by molar-refractivity contribution is 5.82. The van der Waals surface area contributed by atoms with Gasteiger partial charge in [0.05, 0.1) is 6.04 Å². The number of nitrogens with zero attached hydrogens (tertiary/aromatic N) is 2. The number of hydrogen-bond donors (Lipinski definition) is 1. The number of piperidine rings is 1. The van der Waals surface area contributed by atoms with Crippen molar-refractivity contribution in [1.82, 2.24) is 15.1 Å². The predicted octanol–water partition coefficient (Wildman–Crippen LogP) is 0.291. The molecule has 92 valence electrons. The molecular weight excluding hydrogens is 202 g/mol. The average molecular weight is 225 g/mol. The van der Waals surface area contributed by atoms with Gasteiger partial charge in [-0.15, -0.1) is 0 Å². The second-order valence-electron chi connectivity index (χ2n) is 5.13. The van der Waals surface area contributed by atoms with E-state index in [9.17, 15) is 4.79 Å². The minimum Gasteiger partial charge on any atom is -0.341 e. The van der Waals surface area contributed by atoms with Gasteiger partial charge in [0.1, 0.15) is 0 Å². The fourth-order valence-corrected chi connectivity index (χ4v) is 2.70. The number of carbonyl (C=O) groups excluding carboxylic acids is 1. The van der Waals surface area contributed by atoms with Crippen LogP contribution < -0.4 is 5.32 Å². The van der Waals surface area contributed by atoms with Crippen molar-refractivity contribution >= 4 is 5.91 Å². The molecule has 2 heterocycles.